The molecule has 2 aromatic rings. The molecular formula is C21H21ClF3N3O3. The smallest absolute Gasteiger partial charge is 0.343 e. The van der Waals surface area contributed by atoms with E-state index in [0.29, 0.717) is 16.3 Å². The Morgan fingerprint density at radius 1 is 0.903 bits per heavy atom. The third-order valence-electron chi connectivity index (χ3n) is 4.21. The third kappa shape index (κ3) is 7.60. The van der Waals surface area contributed by atoms with Gasteiger partial charge in [-0.25, -0.2) is 0 Å². The van der Waals surface area contributed by atoms with Crippen molar-refractivity contribution in [3.63, 3.8) is 0 Å². The van der Waals surface area contributed by atoms with E-state index in [9.17, 15) is 27.6 Å². The number of alkyl halides is 3. The summed E-state index contributed by atoms with van der Waals surface area (Å²) in [6.07, 6.45) is -4.51. The van der Waals surface area contributed by atoms with Gasteiger partial charge < -0.3 is 16.0 Å². The highest BCUT2D eigenvalue weighted by molar-refractivity contribution is 6.30. The van der Waals surface area contributed by atoms with E-state index in [2.05, 4.69) is 10.6 Å². The largest absolute Gasteiger partial charge is 0.405 e. The second kappa shape index (κ2) is 10.3. The van der Waals surface area contributed by atoms with Gasteiger partial charge >= 0.3 is 6.18 Å². The summed E-state index contributed by atoms with van der Waals surface area (Å²) >= 11 is 5.81. The molecule has 0 spiro atoms. The van der Waals surface area contributed by atoms with E-state index in [1.165, 1.54) is 36.4 Å². The minimum Gasteiger partial charge on any atom is -0.343 e. The number of hydrogen-bond acceptors (Lipinski definition) is 3. The van der Waals surface area contributed by atoms with Crippen LogP contribution in [0.25, 0.3) is 0 Å². The van der Waals surface area contributed by atoms with Gasteiger partial charge in [-0.05, 0) is 54.4 Å². The average molecular weight is 456 g/mol. The molecule has 0 fully saturated rings. The number of nitrogens with one attached hydrogen (secondary N) is 3. The first kappa shape index (κ1) is 24.2. The minimum absolute atomic E-state index is 0.0127. The summed E-state index contributed by atoms with van der Waals surface area (Å²) in [7, 11) is 0. The zero-order valence-electron chi connectivity index (χ0n) is 16.7. The normalized spacial score (nSPS) is 12.2. The van der Waals surface area contributed by atoms with E-state index < -0.39 is 36.5 Å². The number of hydrogen-bond donors (Lipinski definition) is 3. The molecule has 166 valence electrons. The summed E-state index contributed by atoms with van der Waals surface area (Å²) < 4.78 is 36.6. The van der Waals surface area contributed by atoms with Crippen LogP contribution in [0.1, 0.15) is 34.6 Å². The fourth-order valence-corrected chi connectivity index (χ4v) is 2.69. The Labute approximate surface area is 182 Å². The summed E-state index contributed by atoms with van der Waals surface area (Å²) in [5.41, 5.74) is 0.680. The molecule has 0 heterocycles. The fraction of sp³-hybridized carbons (Fsp3) is 0.286. The van der Waals surface area contributed by atoms with Crippen LogP contribution in [-0.4, -0.2) is 36.5 Å². The van der Waals surface area contributed by atoms with E-state index >= 15 is 0 Å². The lowest BCUT2D eigenvalue weighted by Crippen LogP contribution is -2.47. The van der Waals surface area contributed by atoms with E-state index in [4.69, 9.17) is 11.6 Å². The first-order valence-corrected chi connectivity index (χ1v) is 9.66. The molecule has 6 nitrogen and oxygen atoms in total. The van der Waals surface area contributed by atoms with Crippen molar-refractivity contribution in [2.24, 2.45) is 5.92 Å². The lowest BCUT2D eigenvalue weighted by molar-refractivity contribution is -0.123. The van der Waals surface area contributed by atoms with E-state index in [-0.39, 0.29) is 11.5 Å². The third-order valence-corrected chi connectivity index (χ3v) is 4.46. The van der Waals surface area contributed by atoms with Crippen molar-refractivity contribution >= 4 is 35.0 Å². The maximum Gasteiger partial charge on any atom is 0.405 e. The lowest BCUT2D eigenvalue weighted by atomic mass is 10.0. The monoisotopic (exact) mass is 455 g/mol. The topological polar surface area (TPSA) is 87.3 Å². The van der Waals surface area contributed by atoms with Gasteiger partial charge in [0, 0.05) is 21.8 Å². The highest BCUT2D eigenvalue weighted by Gasteiger charge is 2.28. The Balaban J connectivity index is 2.01. The summed E-state index contributed by atoms with van der Waals surface area (Å²) in [6.45, 7) is 2.09. The highest BCUT2D eigenvalue weighted by atomic mass is 35.5. The predicted octanol–water partition coefficient (Wildman–Crippen LogP) is 4.03. The molecule has 2 rings (SSSR count). The number of anilines is 1. The molecular weight excluding hydrogens is 435 g/mol. The molecule has 0 aromatic heterocycles. The van der Waals surface area contributed by atoms with Crippen LogP contribution in [0, 0.1) is 5.92 Å². The Hall–Kier alpha value is -3.07. The van der Waals surface area contributed by atoms with Crippen molar-refractivity contribution < 1.29 is 27.6 Å². The molecule has 0 aliphatic carbocycles. The van der Waals surface area contributed by atoms with Crippen molar-refractivity contribution in [1.29, 1.82) is 0 Å². The van der Waals surface area contributed by atoms with Crippen molar-refractivity contribution in [2.75, 3.05) is 11.9 Å². The van der Waals surface area contributed by atoms with E-state index in [1.807, 2.05) is 0 Å². The van der Waals surface area contributed by atoms with Crippen molar-refractivity contribution in [1.82, 2.24) is 10.6 Å². The molecule has 0 aliphatic heterocycles. The molecule has 2 aromatic carbocycles. The summed E-state index contributed by atoms with van der Waals surface area (Å²) in [4.78, 5) is 36.8. The molecule has 10 heteroatoms. The minimum atomic E-state index is -4.51. The van der Waals surface area contributed by atoms with Gasteiger partial charge in [-0.1, -0.05) is 25.4 Å². The van der Waals surface area contributed by atoms with Crippen molar-refractivity contribution in [2.45, 2.75) is 26.1 Å². The van der Waals surface area contributed by atoms with Crippen LogP contribution >= 0.6 is 11.6 Å². The Morgan fingerprint density at radius 2 is 1.42 bits per heavy atom. The van der Waals surface area contributed by atoms with Crippen molar-refractivity contribution in [3.8, 4) is 0 Å². The van der Waals surface area contributed by atoms with E-state index in [1.54, 1.807) is 31.3 Å². The molecule has 3 N–H and O–H groups in total. The second-order valence-corrected chi connectivity index (χ2v) is 7.50. The maximum atomic E-state index is 12.7. The van der Waals surface area contributed by atoms with Gasteiger partial charge in [0.25, 0.3) is 11.8 Å². The van der Waals surface area contributed by atoms with Crippen LogP contribution in [0.5, 0.6) is 0 Å². The van der Waals surface area contributed by atoms with Crippen LogP contribution in [-0.2, 0) is 4.79 Å². The highest BCUT2D eigenvalue weighted by Crippen LogP contribution is 2.15. The fourth-order valence-electron chi connectivity index (χ4n) is 2.57. The number of carbonyl (C=O) groups is 3. The van der Waals surface area contributed by atoms with Gasteiger partial charge in [0.05, 0.1) is 0 Å². The predicted molar refractivity (Wildman–Crippen MR) is 111 cm³/mol. The van der Waals surface area contributed by atoms with Crippen LogP contribution in [0.3, 0.4) is 0 Å². The maximum absolute atomic E-state index is 12.7. The van der Waals surface area contributed by atoms with Gasteiger partial charge in [-0.15, -0.1) is 0 Å². The molecule has 0 aliphatic rings. The number of rotatable bonds is 7. The SMILES string of the molecule is CC(C)C(NC(=O)c1ccc(Cl)cc1)C(=O)Nc1ccc(C(=O)NCC(F)(F)F)cc1. The first-order chi connectivity index (χ1) is 14.5. The summed E-state index contributed by atoms with van der Waals surface area (Å²) in [6, 6.07) is 10.7. The standard InChI is InChI=1S/C21H21ClF3N3O3/c1-12(2)17(28-19(30)14-3-7-15(22)8-4-14)20(31)27-16-9-5-13(6-10-16)18(29)26-11-21(23,24)25/h3-10,12,17H,11H2,1-2H3,(H,26,29)(H,27,31)(H,28,30). The molecule has 0 bridgehead atoms. The zero-order chi connectivity index (χ0) is 23.2. The number of halogens is 4. The molecule has 0 saturated carbocycles. The molecule has 3 amide bonds. The number of carbonyl (C=O) groups excluding carboxylic acids is 3. The number of benzene rings is 2. The molecule has 0 radical (unpaired) electrons. The zero-order valence-corrected chi connectivity index (χ0v) is 17.5. The van der Waals surface area contributed by atoms with Crippen LogP contribution in [0.15, 0.2) is 48.5 Å². The van der Waals surface area contributed by atoms with Crippen LogP contribution in [0.2, 0.25) is 5.02 Å². The quantitative estimate of drug-likeness (QED) is 0.589. The van der Waals surface area contributed by atoms with Gasteiger partial charge in [-0.2, -0.15) is 13.2 Å². The van der Waals surface area contributed by atoms with Crippen LogP contribution < -0.4 is 16.0 Å². The molecule has 1 atom stereocenters. The summed E-state index contributed by atoms with van der Waals surface area (Å²) in [5, 5.41) is 7.54. The van der Waals surface area contributed by atoms with Gasteiger partial charge in [0.1, 0.15) is 12.6 Å². The Kier molecular flexibility index (Phi) is 8.04. The van der Waals surface area contributed by atoms with Gasteiger partial charge in [-0.3, -0.25) is 14.4 Å². The van der Waals surface area contributed by atoms with E-state index in [0.717, 1.165) is 0 Å². The first-order valence-electron chi connectivity index (χ1n) is 9.28. The van der Waals surface area contributed by atoms with Crippen molar-refractivity contribution in [3.05, 3.63) is 64.7 Å². The second-order valence-electron chi connectivity index (χ2n) is 7.07. The average Bonchev–Trinajstić information content (AvgIpc) is 2.70. The Morgan fingerprint density at radius 3 is 1.94 bits per heavy atom. The van der Waals surface area contributed by atoms with Gasteiger partial charge in [0.15, 0.2) is 0 Å². The summed E-state index contributed by atoms with van der Waals surface area (Å²) in [5.74, 6) is -2.04. The molecule has 31 heavy (non-hydrogen) atoms. The Bertz CT molecular complexity index is 930. The molecule has 1 unspecified atom stereocenters. The number of amides is 3. The molecule has 0 saturated heterocycles. The van der Waals surface area contributed by atoms with Gasteiger partial charge in [0.2, 0.25) is 5.91 Å². The van der Waals surface area contributed by atoms with Crippen LogP contribution in [0.4, 0.5) is 18.9 Å². The lowest BCUT2D eigenvalue weighted by Gasteiger charge is -2.22.